The summed E-state index contributed by atoms with van der Waals surface area (Å²) in [5.74, 6) is -0.144. The monoisotopic (exact) mass is 319 g/mol. The molecule has 7 nitrogen and oxygen atoms in total. The summed E-state index contributed by atoms with van der Waals surface area (Å²) in [6.07, 6.45) is 0.953. The molecule has 1 saturated heterocycles. The molecule has 1 aromatic heterocycles. The van der Waals surface area contributed by atoms with Crippen molar-refractivity contribution in [3.8, 4) is 11.4 Å². The number of hydrogen-bond acceptors (Lipinski definition) is 5. The number of ether oxygens (including phenoxy) is 1. The van der Waals surface area contributed by atoms with E-state index in [4.69, 9.17) is 4.74 Å². The Kier molecular flexibility index (Phi) is 4.61. The van der Waals surface area contributed by atoms with Crippen LogP contribution in [-0.4, -0.2) is 56.8 Å². The van der Waals surface area contributed by atoms with Crippen LogP contribution in [0.2, 0.25) is 0 Å². The number of carbonyl (C=O) groups is 1. The summed E-state index contributed by atoms with van der Waals surface area (Å²) in [7, 11) is 0. The quantitative estimate of drug-likeness (QED) is 0.844. The van der Waals surface area contributed by atoms with Gasteiger partial charge >= 0.3 is 0 Å². The van der Waals surface area contributed by atoms with Crippen molar-refractivity contribution in [3.05, 3.63) is 30.1 Å². The van der Waals surface area contributed by atoms with Crippen LogP contribution in [0.15, 0.2) is 24.3 Å². The summed E-state index contributed by atoms with van der Waals surface area (Å²) >= 11 is 0. The van der Waals surface area contributed by atoms with E-state index in [-0.39, 0.29) is 24.4 Å². The zero-order chi connectivity index (χ0) is 16.2. The molecule has 8 heteroatoms. The molecule has 23 heavy (non-hydrogen) atoms. The van der Waals surface area contributed by atoms with Gasteiger partial charge in [-0.3, -0.25) is 4.79 Å². The average molecular weight is 319 g/mol. The van der Waals surface area contributed by atoms with Crippen LogP contribution in [0, 0.1) is 5.82 Å². The fourth-order valence-electron chi connectivity index (χ4n) is 2.47. The maximum absolute atomic E-state index is 13.2. The van der Waals surface area contributed by atoms with Crippen molar-refractivity contribution in [2.24, 2.45) is 0 Å². The highest BCUT2D eigenvalue weighted by atomic mass is 19.1. The number of hydrogen-bond donors (Lipinski definition) is 0. The van der Waals surface area contributed by atoms with Crippen molar-refractivity contribution in [3.63, 3.8) is 0 Å². The zero-order valence-electron chi connectivity index (χ0n) is 12.9. The lowest BCUT2D eigenvalue weighted by molar-refractivity contribution is -0.139. The molecule has 0 N–H and O–H groups in total. The van der Waals surface area contributed by atoms with Crippen molar-refractivity contribution in [2.45, 2.75) is 26.0 Å². The highest BCUT2D eigenvalue weighted by Crippen LogP contribution is 2.14. The van der Waals surface area contributed by atoms with E-state index >= 15 is 0 Å². The second-order valence-corrected chi connectivity index (χ2v) is 5.39. The summed E-state index contributed by atoms with van der Waals surface area (Å²) in [5.41, 5.74) is 0.529. The molecule has 0 spiro atoms. The molecule has 2 aromatic rings. The van der Waals surface area contributed by atoms with Crippen LogP contribution in [-0.2, 0) is 16.1 Å². The van der Waals surface area contributed by atoms with Crippen molar-refractivity contribution in [1.82, 2.24) is 25.1 Å². The normalized spacial score (nSPS) is 18.2. The molecule has 1 amide bonds. The smallest absolute Gasteiger partial charge is 0.246 e. The molecule has 1 aromatic carbocycles. The summed E-state index contributed by atoms with van der Waals surface area (Å²) in [6.45, 7) is 3.74. The summed E-state index contributed by atoms with van der Waals surface area (Å²) in [5, 5.41) is 11.9. The average Bonchev–Trinajstić information content (AvgIpc) is 3.03. The van der Waals surface area contributed by atoms with Gasteiger partial charge in [-0.05, 0) is 23.8 Å². The van der Waals surface area contributed by atoms with E-state index in [0.29, 0.717) is 31.1 Å². The first-order chi connectivity index (χ1) is 11.2. The second kappa shape index (κ2) is 6.82. The molecule has 122 valence electrons. The molecule has 1 aliphatic rings. The van der Waals surface area contributed by atoms with Crippen molar-refractivity contribution in [2.75, 3.05) is 19.7 Å². The minimum atomic E-state index is -0.367. The molecule has 3 rings (SSSR count). The number of tetrazole rings is 1. The van der Waals surface area contributed by atoms with Crippen LogP contribution in [0.25, 0.3) is 11.4 Å². The van der Waals surface area contributed by atoms with Gasteiger partial charge in [0.15, 0.2) is 0 Å². The van der Waals surface area contributed by atoms with Crippen LogP contribution in [0.1, 0.15) is 13.3 Å². The third kappa shape index (κ3) is 3.70. The third-order valence-corrected chi connectivity index (χ3v) is 3.76. The lowest BCUT2D eigenvalue weighted by atomic mass is 10.2. The Morgan fingerprint density at radius 3 is 3.13 bits per heavy atom. The van der Waals surface area contributed by atoms with Crippen LogP contribution in [0.5, 0.6) is 0 Å². The number of halogens is 1. The van der Waals surface area contributed by atoms with Gasteiger partial charge in [-0.2, -0.15) is 4.80 Å². The number of carbonyl (C=O) groups excluding carboxylic acids is 1. The number of amides is 1. The van der Waals surface area contributed by atoms with E-state index < -0.39 is 0 Å². The maximum Gasteiger partial charge on any atom is 0.246 e. The standard InChI is InChI=1S/C15H18FN5O2/c1-2-13-9-20(6-7-23-13)14(22)10-21-18-15(17-19-21)11-4-3-5-12(16)8-11/h3-5,8,13H,2,6-7,9-10H2,1H3/t13-/m1/s1. The first kappa shape index (κ1) is 15.5. The van der Waals surface area contributed by atoms with Crippen LogP contribution in [0.3, 0.4) is 0 Å². The summed E-state index contributed by atoms with van der Waals surface area (Å²) in [4.78, 5) is 15.3. The minimum absolute atomic E-state index is 0.0126. The summed E-state index contributed by atoms with van der Waals surface area (Å²) in [6, 6.07) is 5.95. The molecular weight excluding hydrogens is 301 g/mol. The Morgan fingerprint density at radius 1 is 1.48 bits per heavy atom. The SMILES string of the molecule is CC[C@@H]1CN(C(=O)Cn2nnc(-c3cccc(F)c3)n2)CCO1. The van der Waals surface area contributed by atoms with Crippen molar-refractivity contribution < 1.29 is 13.9 Å². The van der Waals surface area contributed by atoms with Crippen molar-refractivity contribution in [1.29, 1.82) is 0 Å². The van der Waals surface area contributed by atoms with Gasteiger partial charge in [0.05, 0.1) is 12.7 Å². The largest absolute Gasteiger partial charge is 0.375 e. The Hall–Kier alpha value is -2.35. The number of rotatable bonds is 4. The third-order valence-electron chi connectivity index (χ3n) is 3.76. The molecule has 0 bridgehead atoms. The number of morpholine rings is 1. The molecule has 1 fully saturated rings. The predicted molar refractivity (Wildman–Crippen MR) is 79.8 cm³/mol. The van der Waals surface area contributed by atoms with Crippen LogP contribution >= 0.6 is 0 Å². The van der Waals surface area contributed by atoms with E-state index in [0.717, 1.165) is 6.42 Å². The fraction of sp³-hybridized carbons (Fsp3) is 0.467. The van der Waals surface area contributed by atoms with Gasteiger partial charge in [-0.25, -0.2) is 4.39 Å². The number of benzene rings is 1. The lowest BCUT2D eigenvalue weighted by Gasteiger charge is -2.32. The maximum atomic E-state index is 13.2. The highest BCUT2D eigenvalue weighted by molar-refractivity contribution is 5.76. The van der Waals surface area contributed by atoms with E-state index in [2.05, 4.69) is 15.4 Å². The van der Waals surface area contributed by atoms with E-state index in [1.165, 1.54) is 16.9 Å². The molecule has 1 atom stereocenters. The zero-order valence-corrected chi connectivity index (χ0v) is 12.9. The molecule has 1 aliphatic heterocycles. The van der Waals surface area contributed by atoms with E-state index in [1.54, 1.807) is 17.0 Å². The first-order valence-corrected chi connectivity index (χ1v) is 7.59. The van der Waals surface area contributed by atoms with Crippen molar-refractivity contribution >= 4 is 5.91 Å². The van der Waals surface area contributed by atoms with E-state index in [1.807, 2.05) is 6.92 Å². The predicted octanol–water partition coefficient (Wildman–Crippen LogP) is 1.12. The van der Waals surface area contributed by atoms with Crippen LogP contribution < -0.4 is 0 Å². The number of aromatic nitrogens is 4. The van der Waals surface area contributed by atoms with Gasteiger partial charge in [0, 0.05) is 18.7 Å². The molecule has 0 saturated carbocycles. The van der Waals surface area contributed by atoms with Gasteiger partial charge in [-0.15, -0.1) is 10.2 Å². The summed E-state index contributed by atoms with van der Waals surface area (Å²) < 4.78 is 18.8. The van der Waals surface area contributed by atoms with E-state index in [9.17, 15) is 9.18 Å². The minimum Gasteiger partial charge on any atom is -0.375 e. The Balaban J connectivity index is 1.66. The molecule has 0 unspecified atom stereocenters. The Morgan fingerprint density at radius 2 is 2.35 bits per heavy atom. The van der Waals surface area contributed by atoms with Gasteiger partial charge in [0.1, 0.15) is 12.4 Å². The van der Waals surface area contributed by atoms with Gasteiger partial charge in [-0.1, -0.05) is 19.1 Å². The Bertz CT molecular complexity index is 690. The van der Waals surface area contributed by atoms with Gasteiger partial charge in [0.2, 0.25) is 11.7 Å². The lowest BCUT2D eigenvalue weighted by Crippen LogP contribution is -2.46. The first-order valence-electron chi connectivity index (χ1n) is 7.59. The van der Waals surface area contributed by atoms with Crippen LogP contribution in [0.4, 0.5) is 4.39 Å². The number of nitrogens with zero attached hydrogens (tertiary/aromatic N) is 5. The van der Waals surface area contributed by atoms with Gasteiger partial charge in [0.25, 0.3) is 0 Å². The molecular formula is C15H18FN5O2. The molecule has 0 radical (unpaired) electrons. The Labute approximate surface area is 133 Å². The second-order valence-electron chi connectivity index (χ2n) is 5.39. The van der Waals surface area contributed by atoms with Gasteiger partial charge < -0.3 is 9.64 Å². The highest BCUT2D eigenvalue weighted by Gasteiger charge is 2.23. The molecule has 2 heterocycles. The topological polar surface area (TPSA) is 73.1 Å². The fourth-order valence-corrected chi connectivity index (χ4v) is 2.47. The molecule has 0 aliphatic carbocycles.